The van der Waals surface area contributed by atoms with Gasteiger partial charge in [0.1, 0.15) is 6.04 Å². The van der Waals surface area contributed by atoms with Crippen LogP contribution in [-0.4, -0.2) is 55.4 Å². The van der Waals surface area contributed by atoms with Crippen LogP contribution in [0.4, 0.5) is 0 Å². The minimum atomic E-state index is -3.54. The summed E-state index contributed by atoms with van der Waals surface area (Å²) in [6.45, 7) is 1.93. The van der Waals surface area contributed by atoms with E-state index in [1.54, 1.807) is 6.92 Å². The van der Waals surface area contributed by atoms with Crippen molar-refractivity contribution in [1.82, 2.24) is 4.31 Å². The maximum absolute atomic E-state index is 11.9. The Morgan fingerprint density at radius 2 is 2.25 bits per heavy atom. The van der Waals surface area contributed by atoms with Crippen LogP contribution in [0.15, 0.2) is 0 Å². The summed E-state index contributed by atoms with van der Waals surface area (Å²) in [6, 6.07) is -0.908. The van der Waals surface area contributed by atoms with Gasteiger partial charge in [0.25, 0.3) is 0 Å². The molecule has 0 amide bonds. The second kappa shape index (κ2) is 5.11. The minimum Gasteiger partial charge on any atom is -0.480 e. The summed E-state index contributed by atoms with van der Waals surface area (Å²) in [5, 5.41) is 8.90. The molecule has 7 heteroatoms. The van der Waals surface area contributed by atoms with Gasteiger partial charge >= 0.3 is 5.97 Å². The van der Waals surface area contributed by atoms with Gasteiger partial charge in [-0.05, 0) is 19.8 Å². The molecule has 1 aliphatic rings. The normalized spacial score (nSPS) is 24.5. The van der Waals surface area contributed by atoms with Crippen molar-refractivity contribution in [2.24, 2.45) is 0 Å². The Morgan fingerprint density at radius 1 is 1.62 bits per heavy atom. The molecule has 16 heavy (non-hydrogen) atoms. The van der Waals surface area contributed by atoms with Crippen LogP contribution in [-0.2, 0) is 19.6 Å². The zero-order chi connectivity index (χ0) is 12.3. The van der Waals surface area contributed by atoms with Crippen molar-refractivity contribution >= 4 is 16.0 Å². The molecule has 2 atom stereocenters. The van der Waals surface area contributed by atoms with Gasteiger partial charge in [0.2, 0.25) is 10.0 Å². The first-order chi connectivity index (χ1) is 7.38. The first-order valence-corrected chi connectivity index (χ1v) is 6.74. The molecular weight excluding hydrogens is 234 g/mol. The molecule has 1 rings (SSSR count). The lowest BCUT2D eigenvalue weighted by molar-refractivity contribution is -0.140. The predicted molar refractivity (Wildman–Crippen MR) is 57.6 cm³/mol. The van der Waals surface area contributed by atoms with Crippen molar-refractivity contribution in [3.63, 3.8) is 0 Å². The topological polar surface area (TPSA) is 83.9 Å². The molecule has 0 bridgehead atoms. The van der Waals surface area contributed by atoms with E-state index in [-0.39, 0.29) is 12.3 Å². The van der Waals surface area contributed by atoms with Gasteiger partial charge < -0.3 is 9.84 Å². The highest BCUT2D eigenvalue weighted by Crippen LogP contribution is 2.22. The molecule has 1 N–H and O–H groups in total. The Kier molecular flexibility index (Phi) is 4.28. The molecule has 94 valence electrons. The number of sulfonamides is 1. The highest BCUT2D eigenvalue weighted by atomic mass is 32.2. The molecule has 0 aromatic heterocycles. The molecule has 6 nitrogen and oxygen atoms in total. The van der Waals surface area contributed by atoms with Gasteiger partial charge in [0.15, 0.2) is 0 Å². The summed E-state index contributed by atoms with van der Waals surface area (Å²) in [7, 11) is -2.11. The maximum Gasteiger partial charge on any atom is 0.322 e. The van der Waals surface area contributed by atoms with Gasteiger partial charge in [-0.2, -0.15) is 4.31 Å². The molecule has 1 saturated heterocycles. The third-order valence-electron chi connectivity index (χ3n) is 2.69. The molecule has 2 unspecified atom stereocenters. The van der Waals surface area contributed by atoms with Crippen LogP contribution >= 0.6 is 0 Å². The van der Waals surface area contributed by atoms with E-state index in [0.29, 0.717) is 12.8 Å². The number of hydrogen-bond donors (Lipinski definition) is 1. The smallest absolute Gasteiger partial charge is 0.322 e. The second-order valence-electron chi connectivity index (χ2n) is 3.93. The quantitative estimate of drug-likeness (QED) is 0.737. The van der Waals surface area contributed by atoms with Gasteiger partial charge in [-0.15, -0.1) is 0 Å². The zero-order valence-corrected chi connectivity index (χ0v) is 10.2. The van der Waals surface area contributed by atoms with Crippen LogP contribution in [0.1, 0.15) is 19.8 Å². The summed E-state index contributed by atoms with van der Waals surface area (Å²) in [5.74, 6) is -1.25. The number of hydrogen-bond acceptors (Lipinski definition) is 4. The van der Waals surface area contributed by atoms with Gasteiger partial charge in [0.05, 0.1) is 11.9 Å². The lowest BCUT2D eigenvalue weighted by Crippen LogP contribution is -2.43. The molecule has 0 aromatic rings. The van der Waals surface area contributed by atoms with Crippen molar-refractivity contribution in [1.29, 1.82) is 0 Å². The number of aliphatic carboxylic acids is 1. The molecule has 1 fully saturated rings. The Balaban J connectivity index is 2.79. The zero-order valence-electron chi connectivity index (χ0n) is 9.42. The lowest BCUT2D eigenvalue weighted by atomic mass is 10.2. The third-order valence-corrected chi connectivity index (χ3v) is 4.74. The molecular formula is C9H17NO5S. The molecule has 1 aliphatic heterocycles. The average molecular weight is 251 g/mol. The maximum atomic E-state index is 11.9. The largest absolute Gasteiger partial charge is 0.480 e. The SMILES string of the molecule is COC(C)CS(=O)(=O)N1CCCC1C(=O)O. The van der Waals surface area contributed by atoms with Crippen molar-refractivity contribution in [3.8, 4) is 0 Å². The average Bonchev–Trinajstić information content (AvgIpc) is 2.65. The Bertz CT molecular complexity index is 353. The number of ether oxygens (including phenoxy) is 1. The first-order valence-electron chi connectivity index (χ1n) is 5.13. The van der Waals surface area contributed by atoms with Crippen molar-refractivity contribution < 1.29 is 23.1 Å². The van der Waals surface area contributed by atoms with E-state index in [2.05, 4.69) is 0 Å². The first kappa shape index (κ1) is 13.4. The fraction of sp³-hybridized carbons (Fsp3) is 0.889. The van der Waals surface area contributed by atoms with Crippen molar-refractivity contribution in [2.45, 2.75) is 31.9 Å². The number of carbonyl (C=O) groups is 1. The molecule has 0 aliphatic carbocycles. The number of rotatable bonds is 5. The van der Waals surface area contributed by atoms with E-state index in [0.717, 1.165) is 4.31 Å². The number of carboxylic acid groups (broad SMARTS) is 1. The molecule has 0 radical (unpaired) electrons. The van der Waals surface area contributed by atoms with Gasteiger partial charge in [0, 0.05) is 13.7 Å². The minimum absolute atomic E-state index is 0.173. The summed E-state index contributed by atoms with van der Waals surface area (Å²) in [4.78, 5) is 10.9. The van der Waals surface area contributed by atoms with Crippen LogP contribution in [0, 0.1) is 0 Å². The van der Waals surface area contributed by atoms with E-state index in [4.69, 9.17) is 9.84 Å². The molecule has 0 spiro atoms. The van der Waals surface area contributed by atoms with Crippen LogP contribution in [0.5, 0.6) is 0 Å². The highest BCUT2D eigenvalue weighted by molar-refractivity contribution is 7.89. The third kappa shape index (κ3) is 2.93. The fourth-order valence-electron chi connectivity index (χ4n) is 1.78. The Morgan fingerprint density at radius 3 is 2.75 bits per heavy atom. The standard InChI is InChI=1S/C9H17NO5S/c1-7(15-2)6-16(13,14)10-5-3-4-8(10)9(11)12/h7-8H,3-6H2,1-2H3,(H,11,12). The van der Waals surface area contributed by atoms with Crippen LogP contribution in [0.25, 0.3) is 0 Å². The molecule has 0 aromatic carbocycles. The number of methoxy groups -OCH3 is 1. The second-order valence-corrected chi connectivity index (χ2v) is 5.90. The van der Waals surface area contributed by atoms with Crippen LogP contribution in [0.2, 0.25) is 0 Å². The lowest BCUT2D eigenvalue weighted by Gasteiger charge is -2.22. The van der Waals surface area contributed by atoms with E-state index in [1.165, 1.54) is 7.11 Å². The Labute approximate surface area is 95.2 Å². The predicted octanol–water partition coefficient (Wildman–Crippen LogP) is -0.0999. The van der Waals surface area contributed by atoms with Crippen molar-refractivity contribution in [2.75, 3.05) is 19.4 Å². The fourth-order valence-corrected chi connectivity index (χ4v) is 3.69. The van der Waals surface area contributed by atoms with Gasteiger partial charge in [-0.3, -0.25) is 4.79 Å². The molecule has 0 saturated carbocycles. The number of nitrogens with zero attached hydrogens (tertiary/aromatic N) is 1. The highest BCUT2D eigenvalue weighted by Gasteiger charge is 2.38. The summed E-state index contributed by atoms with van der Waals surface area (Å²) >= 11 is 0. The summed E-state index contributed by atoms with van der Waals surface area (Å²) < 4.78 is 29.8. The molecule has 1 heterocycles. The van der Waals surface area contributed by atoms with E-state index < -0.39 is 28.1 Å². The monoisotopic (exact) mass is 251 g/mol. The Hall–Kier alpha value is -0.660. The van der Waals surface area contributed by atoms with E-state index >= 15 is 0 Å². The van der Waals surface area contributed by atoms with Crippen LogP contribution < -0.4 is 0 Å². The number of carboxylic acids is 1. The van der Waals surface area contributed by atoms with E-state index in [1.807, 2.05) is 0 Å². The van der Waals surface area contributed by atoms with Gasteiger partial charge in [-0.25, -0.2) is 8.42 Å². The van der Waals surface area contributed by atoms with Crippen LogP contribution in [0.3, 0.4) is 0 Å². The summed E-state index contributed by atoms with van der Waals surface area (Å²) in [5.41, 5.74) is 0. The van der Waals surface area contributed by atoms with Gasteiger partial charge in [-0.1, -0.05) is 0 Å². The van der Waals surface area contributed by atoms with Crippen molar-refractivity contribution in [3.05, 3.63) is 0 Å². The van der Waals surface area contributed by atoms with E-state index in [9.17, 15) is 13.2 Å². The summed E-state index contributed by atoms with van der Waals surface area (Å²) in [6.07, 6.45) is 0.549.